The number of anilines is 1. The van der Waals surface area contributed by atoms with E-state index in [4.69, 9.17) is 4.74 Å². The molecule has 1 heterocycles. The second-order valence-corrected chi connectivity index (χ2v) is 4.95. The molecule has 0 spiro atoms. The molecule has 1 aromatic carbocycles. The van der Waals surface area contributed by atoms with E-state index < -0.39 is 5.97 Å². The molecule has 102 valence electrons. The van der Waals surface area contributed by atoms with Crippen LogP contribution in [0.3, 0.4) is 0 Å². The summed E-state index contributed by atoms with van der Waals surface area (Å²) in [6, 6.07) is 10.4. The van der Waals surface area contributed by atoms with Gasteiger partial charge in [-0.15, -0.1) is 11.3 Å². The van der Waals surface area contributed by atoms with Crippen molar-refractivity contribution in [1.82, 2.24) is 0 Å². The van der Waals surface area contributed by atoms with Crippen molar-refractivity contribution in [2.24, 2.45) is 0 Å². The monoisotopic (exact) mass is 287 g/mol. The van der Waals surface area contributed by atoms with Gasteiger partial charge < -0.3 is 10.1 Å². The fraction of sp³-hybridized carbons (Fsp3) is 0.0667. The van der Waals surface area contributed by atoms with Gasteiger partial charge in [0.25, 0.3) is 0 Å². The highest BCUT2D eigenvalue weighted by Crippen LogP contribution is 2.16. The average molecular weight is 287 g/mol. The Balaban J connectivity index is 1.92. The molecule has 20 heavy (non-hydrogen) atoms. The highest BCUT2D eigenvalue weighted by Gasteiger charge is 2.01. The van der Waals surface area contributed by atoms with Crippen LogP contribution in [0.15, 0.2) is 47.9 Å². The number of hydrogen-bond donors (Lipinski definition) is 1. The predicted octanol–water partition coefficient (Wildman–Crippen LogP) is 3.33. The Bertz CT molecular complexity index is 615. The molecule has 0 saturated heterocycles. The van der Waals surface area contributed by atoms with Gasteiger partial charge in [0.1, 0.15) is 5.75 Å². The van der Waals surface area contributed by atoms with Gasteiger partial charge in [-0.25, -0.2) is 4.79 Å². The summed E-state index contributed by atoms with van der Waals surface area (Å²) in [5, 5.41) is 4.57. The normalized spacial score (nSPS) is 10.4. The summed E-state index contributed by atoms with van der Waals surface area (Å²) in [5.74, 6) is -0.153. The molecule has 0 aliphatic rings. The zero-order chi connectivity index (χ0) is 14.4. The van der Waals surface area contributed by atoms with Crippen LogP contribution in [0.5, 0.6) is 5.75 Å². The van der Waals surface area contributed by atoms with Gasteiger partial charge in [-0.3, -0.25) is 4.79 Å². The van der Waals surface area contributed by atoms with Crippen LogP contribution in [-0.2, 0) is 9.59 Å². The number of ether oxygens (including phenoxy) is 1. The summed E-state index contributed by atoms with van der Waals surface area (Å²) in [7, 11) is 0. The minimum atomic E-state index is -0.439. The summed E-state index contributed by atoms with van der Waals surface area (Å²) >= 11 is 1.54. The average Bonchev–Trinajstić information content (AvgIpc) is 2.91. The lowest BCUT2D eigenvalue weighted by atomic mass is 10.3. The highest BCUT2D eigenvalue weighted by atomic mass is 32.1. The molecule has 0 aliphatic carbocycles. The maximum atomic E-state index is 11.6. The molecule has 1 amide bonds. The number of hydrogen-bond acceptors (Lipinski definition) is 4. The van der Waals surface area contributed by atoms with E-state index >= 15 is 0 Å². The lowest BCUT2D eigenvalue weighted by Gasteiger charge is -2.04. The van der Waals surface area contributed by atoms with E-state index in [1.165, 1.54) is 13.0 Å². The van der Waals surface area contributed by atoms with Crippen molar-refractivity contribution in [3.63, 3.8) is 0 Å². The van der Waals surface area contributed by atoms with Gasteiger partial charge in [0.15, 0.2) is 0 Å². The van der Waals surface area contributed by atoms with Crippen LogP contribution in [0.25, 0.3) is 6.08 Å². The van der Waals surface area contributed by atoms with Crippen molar-refractivity contribution in [3.8, 4) is 5.75 Å². The molecular formula is C15H13NO3S. The van der Waals surface area contributed by atoms with Gasteiger partial charge in [-0.05, 0) is 41.8 Å². The SMILES string of the molecule is CC(=O)Nc1ccc(OC(=O)/C=C/c2cccs2)cc1. The highest BCUT2D eigenvalue weighted by molar-refractivity contribution is 7.10. The van der Waals surface area contributed by atoms with Gasteiger partial charge in [-0.1, -0.05) is 6.07 Å². The summed E-state index contributed by atoms with van der Waals surface area (Å²) in [6.07, 6.45) is 3.09. The Kier molecular flexibility index (Phi) is 4.68. The minimum Gasteiger partial charge on any atom is -0.423 e. The molecular weight excluding hydrogens is 274 g/mol. The number of amides is 1. The molecule has 0 radical (unpaired) electrons. The van der Waals surface area contributed by atoms with Crippen molar-refractivity contribution in [2.75, 3.05) is 5.32 Å². The molecule has 1 N–H and O–H groups in total. The standard InChI is InChI=1S/C15H13NO3S/c1-11(17)16-12-4-6-13(7-5-12)19-15(18)9-8-14-3-2-10-20-14/h2-10H,1H3,(H,16,17)/b9-8+. The van der Waals surface area contributed by atoms with Crippen molar-refractivity contribution in [2.45, 2.75) is 6.92 Å². The van der Waals surface area contributed by atoms with Gasteiger partial charge in [0.05, 0.1) is 0 Å². The lowest BCUT2D eigenvalue weighted by molar-refractivity contribution is -0.128. The number of thiophene rings is 1. The van der Waals surface area contributed by atoms with Crippen LogP contribution < -0.4 is 10.1 Å². The number of benzene rings is 1. The zero-order valence-electron chi connectivity index (χ0n) is 10.8. The minimum absolute atomic E-state index is 0.145. The second-order valence-electron chi connectivity index (χ2n) is 3.98. The molecule has 2 aromatic rings. The van der Waals surface area contributed by atoms with Gasteiger partial charge in [-0.2, -0.15) is 0 Å². The third-order valence-corrected chi connectivity index (χ3v) is 3.16. The fourth-order valence-electron chi connectivity index (χ4n) is 1.50. The molecule has 0 saturated carbocycles. The van der Waals surface area contributed by atoms with E-state index in [0.717, 1.165) is 4.88 Å². The third kappa shape index (κ3) is 4.37. The van der Waals surface area contributed by atoms with E-state index in [2.05, 4.69) is 5.32 Å². The summed E-state index contributed by atoms with van der Waals surface area (Å²) in [4.78, 5) is 23.5. The third-order valence-electron chi connectivity index (χ3n) is 2.32. The summed E-state index contributed by atoms with van der Waals surface area (Å²) < 4.78 is 5.14. The van der Waals surface area contributed by atoms with Crippen LogP contribution in [0.2, 0.25) is 0 Å². The van der Waals surface area contributed by atoms with Crippen molar-refractivity contribution >= 4 is 35.0 Å². The predicted molar refractivity (Wildman–Crippen MR) is 79.7 cm³/mol. The Morgan fingerprint density at radius 2 is 1.95 bits per heavy atom. The van der Waals surface area contributed by atoms with Gasteiger partial charge >= 0.3 is 5.97 Å². The van der Waals surface area contributed by atoms with Crippen LogP contribution >= 0.6 is 11.3 Å². The van der Waals surface area contributed by atoms with Crippen LogP contribution in [0.4, 0.5) is 5.69 Å². The smallest absolute Gasteiger partial charge is 0.336 e. The first-order valence-electron chi connectivity index (χ1n) is 5.94. The van der Waals surface area contributed by atoms with E-state index in [9.17, 15) is 9.59 Å². The molecule has 1 aromatic heterocycles. The molecule has 0 fully saturated rings. The zero-order valence-corrected chi connectivity index (χ0v) is 11.6. The number of carbonyl (C=O) groups is 2. The number of esters is 1. The van der Waals surface area contributed by atoms with Crippen LogP contribution in [0, 0.1) is 0 Å². The largest absolute Gasteiger partial charge is 0.423 e. The summed E-state index contributed by atoms with van der Waals surface area (Å²) in [6.45, 7) is 1.43. The fourth-order valence-corrected chi connectivity index (χ4v) is 2.11. The number of carbonyl (C=O) groups excluding carboxylic acids is 2. The summed E-state index contributed by atoms with van der Waals surface area (Å²) in [5.41, 5.74) is 0.659. The van der Waals surface area contributed by atoms with E-state index in [1.54, 1.807) is 41.7 Å². The molecule has 0 unspecified atom stereocenters. The van der Waals surface area contributed by atoms with Gasteiger partial charge in [0.2, 0.25) is 5.91 Å². The quantitative estimate of drug-likeness (QED) is 0.533. The Labute approximate surface area is 120 Å². The Morgan fingerprint density at radius 1 is 1.20 bits per heavy atom. The van der Waals surface area contributed by atoms with Crippen molar-refractivity contribution < 1.29 is 14.3 Å². The Hall–Kier alpha value is -2.40. The molecule has 2 rings (SSSR count). The van der Waals surface area contributed by atoms with E-state index in [0.29, 0.717) is 11.4 Å². The molecule has 0 aliphatic heterocycles. The van der Waals surface area contributed by atoms with Crippen molar-refractivity contribution in [1.29, 1.82) is 0 Å². The molecule has 0 bridgehead atoms. The van der Waals surface area contributed by atoms with E-state index in [1.807, 2.05) is 17.5 Å². The first-order chi connectivity index (χ1) is 9.63. The lowest BCUT2D eigenvalue weighted by Crippen LogP contribution is -2.06. The Morgan fingerprint density at radius 3 is 2.55 bits per heavy atom. The van der Waals surface area contributed by atoms with E-state index in [-0.39, 0.29) is 5.91 Å². The number of nitrogens with one attached hydrogen (secondary N) is 1. The molecule has 4 nitrogen and oxygen atoms in total. The molecule has 5 heteroatoms. The maximum Gasteiger partial charge on any atom is 0.336 e. The molecule has 0 atom stereocenters. The number of rotatable bonds is 4. The second kappa shape index (κ2) is 6.68. The van der Waals surface area contributed by atoms with Crippen molar-refractivity contribution in [3.05, 3.63) is 52.7 Å². The maximum absolute atomic E-state index is 11.6. The van der Waals surface area contributed by atoms with Crippen LogP contribution in [-0.4, -0.2) is 11.9 Å². The topological polar surface area (TPSA) is 55.4 Å². The first kappa shape index (κ1) is 14.0. The van der Waals surface area contributed by atoms with Crippen LogP contribution in [0.1, 0.15) is 11.8 Å². The van der Waals surface area contributed by atoms with Gasteiger partial charge in [0, 0.05) is 23.6 Å². The first-order valence-corrected chi connectivity index (χ1v) is 6.82.